The van der Waals surface area contributed by atoms with Gasteiger partial charge in [0.1, 0.15) is 17.3 Å². The summed E-state index contributed by atoms with van der Waals surface area (Å²) in [7, 11) is 0. The Balaban J connectivity index is 2.27. The van der Waals surface area contributed by atoms with E-state index in [0.717, 1.165) is 5.56 Å². The Labute approximate surface area is 114 Å². The number of nitrogens with two attached hydrogens (primary N) is 1. The molecule has 20 heavy (non-hydrogen) atoms. The lowest BCUT2D eigenvalue weighted by atomic mass is 10.1. The summed E-state index contributed by atoms with van der Waals surface area (Å²) >= 11 is 0. The Hall–Kier alpha value is -2.27. The Bertz CT molecular complexity index is 793. The van der Waals surface area contributed by atoms with Crippen LogP contribution in [-0.4, -0.2) is 9.38 Å². The zero-order valence-corrected chi connectivity index (χ0v) is 10.9. The first-order chi connectivity index (χ1) is 9.60. The van der Waals surface area contributed by atoms with Crippen LogP contribution in [0, 0.1) is 18.6 Å². The molecule has 0 aliphatic heterocycles. The van der Waals surface area contributed by atoms with Crippen molar-refractivity contribution in [3.63, 3.8) is 0 Å². The summed E-state index contributed by atoms with van der Waals surface area (Å²) in [6.45, 7) is 1.91. The fourth-order valence-corrected chi connectivity index (χ4v) is 2.29. The van der Waals surface area contributed by atoms with Gasteiger partial charge in [-0.2, -0.15) is 0 Å². The van der Waals surface area contributed by atoms with Crippen LogP contribution in [0.3, 0.4) is 0 Å². The smallest absolute Gasteiger partial charge is 0.139 e. The zero-order chi connectivity index (χ0) is 14.3. The first-order valence-electron chi connectivity index (χ1n) is 6.23. The number of halogens is 2. The van der Waals surface area contributed by atoms with E-state index in [-0.39, 0.29) is 18.2 Å². The molecule has 3 nitrogen and oxygen atoms in total. The second kappa shape index (κ2) is 4.68. The molecule has 0 saturated carbocycles. The van der Waals surface area contributed by atoms with E-state index in [1.54, 1.807) is 29.5 Å². The molecular formula is C15H13F2N3. The number of nitrogens with zero attached hydrogens (tertiary/aromatic N) is 2. The quantitative estimate of drug-likeness (QED) is 0.780. The van der Waals surface area contributed by atoms with Crippen LogP contribution >= 0.6 is 0 Å². The van der Waals surface area contributed by atoms with Gasteiger partial charge in [0.25, 0.3) is 0 Å². The van der Waals surface area contributed by atoms with Gasteiger partial charge < -0.3 is 5.73 Å². The molecular weight excluding hydrogens is 260 g/mol. The van der Waals surface area contributed by atoms with Crippen LogP contribution in [0.25, 0.3) is 16.9 Å². The number of pyridine rings is 1. The van der Waals surface area contributed by atoms with Crippen molar-refractivity contribution >= 4 is 5.65 Å². The highest BCUT2D eigenvalue weighted by molar-refractivity contribution is 5.67. The summed E-state index contributed by atoms with van der Waals surface area (Å²) in [5.74, 6) is -0.621. The Morgan fingerprint density at radius 1 is 1.20 bits per heavy atom. The topological polar surface area (TPSA) is 43.3 Å². The molecule has 0 fully saturated rings. The van der Waals surface area contributed by atoms with E-state index in [1.807, 2.05) is 0 Å². The third-order valence-electron chi connectivity index (χ3n) is 3.31. The molecule has 2 N–H and O–H groups in total. The van der Waals surface area contributed by atoms with Crippen molar-refractivity contribution in [2.75, 3.05) is 0 Å². The normalized spacial score (nSPS) is 11.2. The van der Waals surface area contributed by atoms with E-state index in [2.05, 4.69) is 4.98 Å². The molecule has 0 spiro atoms. The first kappa shape index (κ1) is 12.7. The number of hydrogen-bond donors (Lipinski definition) is 1. The summed E-state index contributed by atoms with van der Waals surface area (Å²) in [5.41, 5.74) is 9.03. The predicted octanol–water partition coefficient (Wildman–Crippen LogP) is 3.05. The lowest BCUT2D eigenvalue weighted by Crippen LogP contribution is -2.03. The molecule has 0 aliphatic rings. The average molecular weight is 273 g/mol. The fourth-order valence-electron chi connectivity index (χ4n) is 2.29. The molecule has 2 aromatic heterocycles. The molecule has 0 bridgehead atoms. The minimum Gasteiger partial charge on any atom is -0.325 e. The van der Waals surface area contributed by atoms with Gasteiger partial charge in [-0.15, -0.1) is 0 Å². The molecule has 0 amide bonds. The zero-order valence-electron chi connectivity index (χ0n) is 10.9. The van der Waals surface area contributed by atoms with Crippen molar-refractivity contribution < 1.29 is 8.78 Å². The van der Waals surface area contributed by atoms with Crippen LogP contribution in [-0.2, 0) is 6.54 Å². The Morgan fingerprint density at radius 2 is 2.00 bits per heavy atom. The molecule has 3 rings (SSSR count). The molecule has 0 unspecified atom stereocenters. The molecule has 0 saturated heterocycles. The number of aromatic nitrogens is 2. The van der Waals surface area contributed by atoms with Crippen LogP contribution in [0.1, 0.15) is 11.3 Å². The van der Waals surface area contributed by atoms with Gasteiger partial charge >= 0.3 is 0 Å². The minimum absolute atomic E-state index is 0.219. The Kier molecular flexibility index (Phi) is 2.99. The highest BCUT2D eigenvalue weighted by atomic mass is 19.1. The predicted molar refractivity (Wildman–Crippen MR) is 73.2 cm³/mol. The van der Waals surface area contributed by atoms with Crippen molar-refractivity contribution in [3.05, 3.63) is 59.4 Å². The van der Waals surface area contributed by atoms with Crippen molar-refractivity contribution in [2.45, 2.75) is 13.5 Å². The van der Waals surface area contributed by atoms with Crippen molar-refractivity contribution in [1.29, 1.82) is 0 Å². The first-order valence-corrected chi connectivity index (χ1v) is 6.23. The number of rotatable bonds is 2. The van der Waals surface area contributed by atoms with E-state index >= 15 is 0 Å². The minimum atomic E-state index is -0.355. The maximum atomic E-state index is 13.4. The fraction of sp³-hybridized carbons (Fsp3) is 0.133. The van der Waals surface area contributed by atoms with Crippen molar-refractivity contribution in [2.24, 2.45) is 5.73 Å². The monoisotopic (exact) mass is 273 g/mol. The maximum Gasteiger partial charge on any atom is 0.139 e. The van der Waals surface area contributed by atoms with Gasteiger partial charge in [-0.3, -0.25) is 4.40 Å². The van der Waals surface area contributed by atoms with E-state index in [1.165, 1.54) is 18.3 Å². The molecule has 5 heteroatoms. The third-order valence-corrected chi connectivity index (χ3v) is 3.31. The summed E-state index contributed by atoms with van der Waals surface area (Å²) in [4.78, 5) is 4.46. The van der Waals surface area contributed by atoms with E-state index in [0.29, 0.717) is 22.6 Å². The lowest BCUT2D eigenvalue weighted by Gasteiger charge is -2.04. The molecule has 1 aromatic carbocycles. The number of imidazole rings is 1. The molecule has 2 heterocycles. The van der Waals surface area contributed by atoms with E-state index in [4.69, 9.17) is 5.73 Å². The summed E-state index contributed by atoms with van der Waals surface area (Å²) in [6.07, 6.45) is 1.35. The van der Waals surface area contributed by atoms with Crippen LogP contribution in [0.4, 0.5) is 8.78 Å². The van der Waals surface area contributed by atoms with Crippen LogP contribution in [0.15, 0.2) is 36.5 Å². The van der Waals surface area contributed by atoms with Crippen LogP contribution in [0.5, 0.6) is 0 Å². The number of aryl methyl sites for hydroxylation is 1. The molecule has 0 aliphatic carbocycles. The molecule has 0 atom stereocenters. The standard InChI is InChI=1S/C15H13F2N3/c1-9-6-10(2-4-12(9)17)15-13(7-18)20-8-11(16)3-5-14(20)19-15/h2-6,8H,7,18H2,1H3. The average Bonchev–Trinajstić information content (AvgIpc) is 2.79. The van der Waals surface area contributed by atoms with Crippen LogP contribution < -0.4 is 5.73 Å². The lowest BCUT2D eigenvalue weighted by molar-refractivity contribution is 0.618. The molecule has 0 radical (unpaired) electrons. The van der Waals surface area contributed by atoms with E-state index < -0.39 is 0 Å². The van der Waals surface area contributed by atoms with Gasteiger partial charge in [0.15, 0.2) is 0 Å². The Morgan fingerprint density at radius 3 is 2.70 bits per heavy atom. The maximum absolute atomic E-state index is 13.4. The highest BCUT2D eigenvalue weighted by Gasteiger charge is 2.14. The van der Waals surface area contributed by atoms with E-state index in [9.17, 15) is 8.78 Å². The van der Waals surface area contributed by atoms with Gasteiger partial charge in [-0.25, -0.2) is 13.8 Å². The van der Waals surface area contributed by atoms with Gasteiger partial charge in [-0.05, 0) is 42.8 Å². The summed E-state index contributed by atoms with van der Waals surface area (Å²) < 4.78 is 28.3. The van der Waals surface area contributed by atoms with Crippen molar-refractivity contribution in [3.8, 4) is 11.3 Å². The van der Waals surface area contributed by atoms with Gasteiger partial charge in [-0.1, -0.05) is 0 Å². The third kappa shape index (κ3) is 1.96. The van der Waals surface area contributed by atoms with Gasteiger partial charge in [0, 0.05) is 18.3 Å². The second-order valence-corrected chi connectivity index (χ2v) is 4.65. The number of hydrogen-bond acceptors (Lipinski definition) is 2. The summed E-state index contributed by atoms with van der Waals surface area (Å²) in [6, 6.07) is 7.71. The van der Waals surface area contributed by atoms with Crippen molar-refractivity contribution in [1.82, 2.24) is 9.38 Å². The molecule has 3 aromatic rings. The number of fused-ring (bicyclic) bond motifs is 1. The van der Waals surface area contributed by atoms with Crippen LogP contribution in [0.2, 0.25) is 0 Å². The molecule has 102 valence electrons. The highest BCUT2D eigenvalue weighted by Crippen LogP contribution is 2.26. The number of benzene rings is 1. The van der Waals surface area contributed by atoms with Gasteiger partial charge in [0.05, 0.1) is 11.4 Å². The largest absolute Gasteiger partial charge is 0.325 e. The SMILES string of the molecule is Cc1cc(-c2nc3ccc(F)cn3c2CN)ccc1F. The second-order valence-electron chi connectivity index (χ2n) is 4.65. The van der Waals surface area contributed by atoms with Gasteiger partial charge in [0.2, 0.25) is 0 Å². The summed E-state index contributed by atoms with van der Waals surface area (Å²) in [5, 5.41) is 0.